The first-order valence-corrected chi connectivity index (χ1v) is 7.25. The Morgan fingerprint density at radius 1 is 1.28 bits per heavy atom. The fraction of sp³-hybridized carbons (Fsp3) is 0.571. The Labute approximate surface area is 118 Å². The molecule has 1 aliphatic heterocycles. The summed E-state index contributed by atoms with van der Waals surface area (Å²) in [7, 11) is 2.19. The van der Waals surface area contributed by atoms with E-state index in [0.717, 1.165) is 43.0 Å². The minimum absolute atomic E-state index is 0.645. The normalized spacial score (nSPS) is 22.1. The van der Waals surface area contributed by atoms with Gasteiger partial charge in [0.25, 0.3) is 0 Å². The van der Waals surface area contributed by atoms with Crippen molar-refractivity contribution in [2.75, 3.05) is 39.8 Å². The van der Waals surface area contributed by atoms with Crippen LogP contribution in [0.5, 0.6) is 5.75 Å². The van der Waals surface area contributed by atoms with Gasteiger partial charge < -0.3 is 9.64 Å². The number of piperazine rings is 1. The van der Waals surface area contributed by atoms with Crippen LogP contribution in [0.2, 0.25) is 0 Å². The first-order valence-electron chi connectivity index (χ1n) is 6.46. The van der Waals surface area contributed by atoms with Crippen LogP contribution in [0.3, 0.4) is 0 Å². The third-order valence-electron chi connectivity index (χ3n) is 3.53. The summed E-state index contributed by atoms with van der Waals surface area (Å²) in [6.45, 7) is 7.48. The van der Waals surface area contributed by atoms with Gasteiger partial charge in [-0.15, -0.1) is 0 Å². The van der Waals surface area contributed by atoms with Gasteiger partial charge in [0.05, 0.1) is 0 Å². The van der Waals surface area contributed by atoms with Crippen molar-refractivity contribution in [3.05, 3.63) is 28.7 Å². The zero-order valence-corrected chi connectivity index (χ0v) is 12.7. The molecule has 0 aliphatic carbocycles. The highest BCUT2D eigenvalue weighted by Crippen LogP contribution is 2.16. The van der Waals surface area contributed by atoms with E-state index >= 15 is 0 Å². The lowest BCUT2D eigenvalue weighted by Gasteiger charge is -2.37. The number of ether oxygens (including phenoxy) is 1. The third-order valence-corrected chi connectivity index (χ3v) is 4.06. The quantitative estimate of drug-likeness (QED) is 0.849. The number of hydrogen-bond acceptors (Lipinski definition) is 3. The lowest BCUT2D eigenvalue weighted by molar-refractivity contribution is 0.0928. The molecule has 1 atom stereocenters. The van der Waals surface area contributed by atoms with Crippen LogP contribution in [0.15, 0.2) is 28.7 Å². The SMILES string of the molecule is CC1CN(CCOc2ccc(Br)cc2)CCN1C. The molecule has 3 nitrogen and oxygen atoms in total. The van der Waals surface area contributed by atoms with E-state index in [4.69, 9.17) is 4.74 Å². The molecule has 4 heteroatoms. The molecule has 100 valence electrons. The molecule has 18 heavy (non-hydrogen) atoms. The second-order valence-electron chi connectivity index (χ2n) is 4.93. The van der Waals surface area contributed by atoms with Crippen LogP contribution in [0, 0.1) is 0 Å². The molecule has 0 radical (unpaired) electrons. The highest BCUT2D eigenvalue weighted by Gasteiger charge is 2.19. The maximum absolute atomic E-state index is 5.75. The van der Waals surface area contributed by atoms with Crippen LogP contribution in [0.25, 0.3) is 0 Å². The molecule has 1 saturated heterocycles. The van der Waals surface area contributed by atoms with Crippen LogP contribution in [0.4, 0.5) is 0 Å². The van der Waals surface area contributed by atoms with Crippen molar-refractivity contribution in [2.24, 2.45) is 0 Å². The number of rotatable bonds is 4. The van der Waals surface area contributed by atoms with Crippen molar-refractivity contribution >= 4 is 15.9 Å². The van der Waals surface area contributed by atoms with Crippen LogP contribution in [0.1, 0.15) is 6.92 Å². The standard InChI is InChI=1S/C14H21BrN2O/c1-12-11-17(8-7-16(12)2)9-10-18-14-5-3-13(15)4-6-14/h3-6,12H,7-11H2,1-2H3. The number of likely N-dealkylation sites (N-methyl/N-ethyl adjacent to an activating group) is 1. The fourth-order valence-electron chi connectivity index (χ4n) is 2.15. The van der Waals surface area contributed by atoms with Gasteiger partial charge >= 0.3 is 0 Å². The molecule has 0 spiro atoms. The van der Waals surface area contributed by atoms with Crippen LogP contribution < -0.4 is 4.74 Å². The summed E-state index contributed by atoms with van der Waals surface area (Å²) in [4.78, 5) is 4.88. The van der Waals surface area contributed by atoms with Gasteiger partial charge in [-0.3, -0.25) is 4.90 Å². The Balaban J connectivity index is 1.71. The Hall–Kier alpha value is -0.580. The lowest BCUT2D eigenvalue weighted by Crippen LogP contribution is -2.50. The predicted molar refractivity (Wildman–Crippen MR) is 78.2 cm³/mol. The fourth-order valence-corrected chi connectivity index (χ4v) is 2.41. The topological polar surface area (TPSA) is 15.7 Å². The van der Waals surface area contributed by atoms with E-state index in [0.29, 0.717) is 6.04 Å². The second kappa shape index (κ2) is 6.55. The summed E-state index contributed by atoms with van der Waals surface area (Å²) in [6.07, 6.45) is 0. The first kappa shape index (κ1) is 13.8. The summed E-state index contributed by atoms with van der Waals surface area (Å²) in [5.41, 5.74) is 0. The molecule has 1 unspecified atom stereocenters. The van der Waals surface area contributed by atoms with Crippen LogP contribution in [-0.2, 0) is 0 Å². The Morgan fingerprint density at radius 2 is 2.00 bits per heavy atom. The molecular formula is C14H21BrN2O. The highest BCUT2D eigenvalue weighted by molar-refractivity contribution is 9.10. The van der Waals surface area contributed by atoms with Crippen LogP contribution in [-0.4, -0.2) is 55.7 Å². The zero-order chi connectivity index (χ0) is 13.0. The molecule has 1 aromatic rings. The predicted octanol–water partition coefficient (Wildman–Crippen LogP) is 2.46. The van der Waals surface area contributed by atoms with E-state index in [1.54, 1.807) is 0 Å². The van der Waals surface area contributed by atoms with E-state index in [9.17, 15) is 0 Å². The van der Waals surface area contributed by atoms with Gasteiger partial charge in [0.2, 0.25) is 0 Å². The average Bonchev–Trinajstić information content (AvgIpc) is 2.36. The molecule has 0 aromatic heterocycles. The smallest absolute Gasteiger partial charge is 0.119 e. The molecule has 1 fully saturated rings. The zero-order valence-electron chi connectivity index (χ0n) is 11.1. The van der Waals surface area contributed by atoms with E-state index < -0.39 is 0 Å². The summed E-state index contributed by atoms with van der Waals surface area (Å²) in [5.74, 6) is 0.945. The Kier molecular flexibility index (Phi) is 5.03. The number of hydrogen-bond donors (Lipinski definition) is 0. The van der Waals surface area contributed by atoms with Gasteiger partial charge in [-0.05, 0) is 38.2 Å². The molecule has 0 N–H and O–H groups in total. The van der Waals surface area contributed by atoms with E-state index in [1.165, 1.54) is 0 Å². The minimum Gasteiger partial charge on any atom is -0.492 e. The average molecular weight is 313 g/mol. The van der Waals surface area contributed by atoms with Crippen molar-refractivity contribution in [1.82, 2.24) is 9.80 Å². The summed E-state index contributed by atoms with van der Waals surface area (Å²) >= 11 is 3.42. The number of benzene rings is 1. The van der Waals surface area contributed by atoms with Gasteiger partial charge in [-0.2, -0.15) is 0 Å². The summed E-state index contributed by atoms with van der Waals surface area (Å²) in [6, 6.07) is 8.65. The molecule has 1 heterocycles. The Morgan fingerprint density at radius 3 is 2.67 bits per heavy atom. The van der Waals surface area contributed by atoms with Crippen molar-refractivity contribution in [1.29, 1.82) is 0 Å². The summed E-state index contributed by atoms with van der Waals surface area (Å²) < 4.78 is 6.84. The van der Waals surface area contributed by atoms with E-state index in [2.05, 4.69) is 39.7 Å². The van der Waals surface area contributed by atoms with E-state index in [-0.39, 0.29) is 0 Å². The van der Waals surface area contributed by atoms with Gasteiger partial charge in [0.1, 0.15) is 12.4 Å². The van der Waals surface area contributed by atoms with Crippen molar-refractivity contribution in [3.63, 3.8) is 0 Å². The molecule has 2 rings (SSSR count). The third kappa shape index (κ3) is 3.97. The molecule has 0 amide bonds. The minimum atomic E-state index is 0.645. The molecule has 0 bridgehead atoms. The van der Waals surface area contributed by atoms with Crippen LogP contribution >= 0.6 is 15.9 Å². The maximum Gasteiger partial charge on any atom is 0.119 e. The largest absolute Gasteiger partial charge is 0.492 e. The summed E-state index contributed by atoms with van der Waals surface area (Å²) in [5, 5.41) is 0. The number of halogens is 1. The van der Waals surface area contributed by atoms with Gasteiger partial charge in [-0.1, -0.05) is 15.9 Å². The van der Waals surface area contributed by atoms with Gasteiger partial charge in [0, 0.05) is 36.7 Å². The molecule has 1 aliphatic rings. The maximum atomic E-state index is 5.75. The number of nitrogens with zero attached hydrogens (tertiary/aromatic N) is 2. The van der Waals surface area contributed by atoms with E-state index in [1.807, 2.05) is 24.3 Å². The lowest BCUT2D eigenvalue weighted by atomic mass is 10.2. The van der Waals surface area contributed by atoms with Crippen molar-refractivity contribution < 1.29 is 4.74 Å². The van der Waals surface area contributed by atoms with Gasteiger partial charge in [-0.25, -0.2) is 0 Å². The Bertz CT molecular complexity index is 369. The molecule has 0 saturated carbocycles. The highest BCUT2D eigenvalue weighted by atomic mass is 79.9. The molecule has 1 aromatic carbocycles. The monoisotopic (exact) mass is 312 g/mol. The molecular weight excluding hydrogens is 292 g/mol. The van der Waals surface area contributed by atoms with Gasteiger partial charge in [0.15, 0.2) is 0 Å². The second-order valence-corrected chi connectivity index (χ2v) is 5.85. The first-order chi connectivity index (χ1) is 8.65. The van der Waals surface area contributed by atoms with Crippen molar-refractivity contribution in [3.8, 4) is 5.75 Å². The van der Waals surface area contributed by atoms with Crippen molar-refractivity contribution in [2.45, 2.75) is 13.0 Å².